The van der Waals surface area contributed by atoms with Crippen molar-refractivity contribution in [2.75, 3.05) is 24.0 Å². The topological polar surface area (TPSA) is 71.5 Å². The monoisotopic (exact) mass is 331 g/mol. The van der Waals surface area contributed by atoms with Crippen molar-refractivity contribution in [3.8, 4) is 0 Å². The maximum absolute atomic E-state index is 12.1. The quantitative estimate of drug-likeness (QED) is 0.843. The molecular weight excluding hydrogens is 310 g/mol. The van der Waals surface area contributed by atoms with Crippen molar-refractivity contribution in [3.05, 3.63) is 18.2 Å². The Labute approximate surface area is 126 Å². The van der Waals surface area contributed by atoms with Gasteiger partial charge in [-0.3, -0.25) is 0 Å². The first-order valence-electron chi connectivity index (χ1n) is 6.81. The maximum Gasteiger partial charge on any atom is 0.177 e. The summed E-state index contributed by atoms with van der Waals surface area (Å²) in [7, 11) is -6.93. The van der Waals surface area contributed by atoms with E-state index in [1.54, 1.807) is 6.07 Å². The van der Waals surface area contributed by atoms with Crippen LogP contribution in [-0.2, 0) is 19.7 Å². The molecule has 0 aromatic heterocycles. The highest BCUT2D eigenvalue weighted by Gasteiger charge is 2.30. The molecular formula is C14H21NO4S2. The summed E-state index contributed by atoms with van der Waals surface area (Å²) in [4.78, 5) is 2.17. The summed E-state index contributed by atoms with van der Waals surface area (Å²) >= 11 is 0. The molecule has 21 heavy (non-hydrogen) atoms. The summed E-state index contributed by atoms with van der Waals surface area (Å²) in [6.07, 6.45) is 3.19. The fourth-order valence-electron chi connectivity index (χ4n) is 2.89. The van der Waals surface area contributed by atoms with Gasteiger partial charge in [-0.05, 0) is 37.5 Å². The summed E-state index contributed by atoms with van der Waals surface area (Å²) < 4.78 is 47.4. The Balaban J connectivity index is 2.62. The standard InChI is InChI=1S/C14H21NO4S2/c1-10-7-11(2)15(9-10)13-6-5-12(20(3,16)17)8-14(13)21(4,18)19/h5-6,8,10-11H,7,9H2,1-4H3/t10-,11+/m1/s1. The highest BCUT2D eigenvalue weighted by atomic mass is 32.2. The first-order valence-corrected chi connectivity index (χ1v) is 10.6. The van der Waals surface area contributed by atoms with Crippen molar-refractivity contribution in [2.24, 2.45) is 5.92 Å². The van der Waals surface area contributed by atoms with Crippen LogP contribution in [0.25, 0.3) is 0 Å². The Morgan fingerprint density at radius 3 is 2.10 bits per heavy atom. The second-order valence-corrected chi connectivity index (χ2v) is 10.0. The normalized spacial score (nSPS) is 23.5. The van der Waals surface area contributed by atoms with Gasteiger partial charge in [-0.1, -0.05) is 6.92 Å². The van der Waals surface area contributed by atoms with Crippen LogP contribution in [-0.4, -0.2) is 41.9 Å². The molecule has 0 amide bonds. The van der Waals surface area contributed by atoms with Crippen LogP contribution in [0.2, 0.25) is 0 Å². The lowest BCUT2D eigenvalue weighted by atomic mass is 10.1. The van der Waals surface area contributed by atoms with Crippen molar-refractivity contribution in [2.45, 2.75) is 36.1 Å². The van der Waals surface area contributed by atoms with Crippen LogP contribution in [0.5, 0.6) is 0 Å². The zero-order valence-electron chi connectivity index (χ0n) is 12.7. The molecule has 1 aromatic carbocycles. The highest BCUT2D eigenvalue weighted by molar-refractivity contribution is 7.91. The first-order chi connectivity index (χ1) is 9.50. The van der Waals surface area contributed by atoms with Crippen molar-refractivity contribution in [1.82, 2.24) is 0 Å². The van der Waals surface area contributed by atoms with Crippen LogP contribution in [0.15, 0.2) is 28.0 Å². The number of nitrogens with zero attached hydrogens (tertiary/aromatic N) is 1. The first kappa shape index (κ1) is 16.3. The van der Waals surface area contributed by atoms with E-state index >= 15 is 0 Å². The number of rotatable bonds is 3. The van der Waals surface area contributed by atoms with E-state index in [1.165, 1.54) is 12.1 Å². The molecule has 1 aliphatic heterocycles. The van der Waals surface area contributed by atoms with Gasteiger partial charge in [-0.15, -0.1) is 0 Å². The van der Waals surface area contributed by atoms with Crippen LogP contribution in [0.4, 0.5) is 5.69 Å². The lowest BCUT2D eigenvalue weighted by molar-refractivity contribution is 0.599. The van der Waals surface area contributed by atoms with Crippen LogP contribution >= 0.6 is 0 Å². The van der Waals surface area contributed by atoms with Crippen LogP contribution < -0.4 is 4.90 Å². The van der Waals surface area contributed by atoms with Gasteiger partial charge >= 0.3 is 0 Å². The molecule has 1 heterocycles. The van der Waals surface area contributed by atoms with E-state index in [0.717, 1.165) is 25.5 Å². The second kappa shape index (κ2) is 5.28. The lowest BCUT2D eigenvalue weighted by Gasteiger charge is -2.26. The summed E-state index contributed by atoms with van der Waals surface area (Å²) in [5, 5.41) is 0. The highest BCUT2D eigenvalue weighted by Crippen LogP contribution is 2.34. The molecule has 0 radical (unpaired) electrons. The predicted octanol–water partition coefficient (Wildman–Crippen LogP) is 1.73. The molecule has 0 spiro atoms. The summed E-state index contributed by atoms with van der Waals surface area (Å²) in [5.74, 6) is 0.488. The second-order valence-electron chi connectivity index (χ2n) is 6.02. The molecule has 0 N–H and O–H groups in total. The number of hydrogen-bond donors (Lipinski definition) is 0. The number of anilines is 1. The SMILES string of the molecule is C[C@@H]1C[C@H](C)N(c2ccc(S(C)(=O)=O)cc2S(C)(=O)=O)C1. The molecule has 0 aliphatic carbocycles. The maximum atomic E-state index is 12.1. The third-order valence-corrected chi connectivity index (χ3v) is 6.09. The average Bonchev–Trinajstić information content (AvgIpc) is 2.65. The average molecular weight is 331 g/mol. The number of benzene rings is 1. The van der Waals surface area contributed by atoms with Crippen molar-refractivity contribution in [1.29, 1.82) is 0 Å². The minimum absolute atomic E-state index is 0.0339. The van der Waals surface area contributed by atoms with Gasteiger partial charge in [-0.2, -0.15) is 0 Å². The fraction of sp³-hybridized carbons (Fsp3) is 0.571. The molecule has 118 valence electrons. The van der Waals surface area contributed by atoms with Gasteiger partial charge in [0.05, 0.1) is 15.5 Å². The Morgan fingerprint density at radius 2 is 1.67 bits per heavy atom. The largest absolute Gasteiger partial charge is 0.367 e. The lowest BCUT2D eigenvalue weighted by Crippen LogP contribution is -2.28. The number of hydrogen-bond acceptors (Lipinski definition) is 5. The third kappa shape index (κ3) is 3.40. The van der Waals surface area contributed by atoms with E-state index in [4.69, 9.17) is 0 Å². The minimum Gasteiger partial charge on any atom is -0.367 e. The van der Waals surface area contributed by atoms with E-state index < -0.39 is 19.7 Å². The van der Waals surface area contributed by atoms with E-state index in [1.807, 2.05) is 4.90 Å². The van der Waals surface area contributed by atoms with Gasteiger partial charge in [0, 0.05) is 25.1 Å². The molecule has 5 nitrogen and oxygen atoms in total. The van der Waals surface area contributed by atoms with Crippen LogP contribution in [0.3, 0.4) is 0 Å². The third-order valence-electron chi connectivity index (χ3n) is 3.85. The molecule has 7 heteroatoms. The predicted molar refractivity (Wildman–Crippen MR) is 83.3 cm³/mol. The molecule has 1 fully saturated rings. The van der Waals surface area contributed by atoms with Crippen LogP contribution in [0, 0.1) is 5.92 Å². The zero-order valence-corrected chi connectivity index (χ0v) is 14.3. The van der Waals surface area contributed by atoms with Crippen LogP contribution in [0.1, 0.15) is 20.3 Å². The molecule has 2 atom stereocenters. The van der Waals surface area contributed by atoms with E-state index in [0.29, 0.717) is 11.6 Å². The van der Waals surface area contributed by atoms with Gasteiger partial charge in [0.1, 0.15) is 0 Å². The van der Waals surface area contributed by atoms with Crippen molar-refractivity contribution in [3.63, 3.8) is 0 Å². The summed E-state index contributed by atoms with van der Waals surface area (Å²) in [5.41, 5.74) is 0.599. The molecule has 0 bridgehead atoms. The van der Waals surface area contributed by atoms with Crippen molar-refractivity contribution >= 4 is 25.4 Å². The molecule has 0 unspecified atom stereocenters. The van der Waals surface area contributed by atoms with Gasteiger partial charge < -0.3 is 4.90 Å². The Bertz CT molecular complexity index is 753. The Morgan fingerprint density at radius 1 is 1.05 bits per heavy atom. The molecule has 2 rings (SSSR count). The Kier molecular flexibility index (Phi) is 4.10. The van der Waals surface area contributed by atoms with Gasteiger partial charge in [0.25, 0.3) is 0 Å². The molecule has 1 saturated heterocycles. The minimum atomic E-state index is -3.50. The Hall–Kier alpha value is -1.08. The summed E-state index contributed by atoms with van der Waals surface area (Å²) in [6.45, 7) is 4.96. The van der Waals surface area contributed by atoms with Crippen molar-refractivity contribution < 1.29 is 16.8 Å². The molecule has 1 aromatic rings. The molecule has 0 saturated carbocycles. The van der Waals surface area contributed by atoms with Gasteiger partial charge in [0.2, 0.25) is 0 Å². The molecule has 1 aliphatic rings. The smallest absolute Gasteiger partial charge is 0.177 e. The van der Waals surface area contributed by atoms with E-state index in [2.05, 4.69) is 13.8 Å². The zero-order chi connectivity index (χ0) is 16.0. The summed E-state index contributed by atoms with van der Waals surface area (Å²) in [6, 6.07) is 4.61. The number of sulfone groups is 2. The van der Waals surface area contributed by atoms with E-state index in [-0.39, 0.29) is 15.8 Å². The van der Waals surface area contributed by atoms with E-state index in [9.17, 15) is 16.8 Å². The fourth-order valence-corrected chi connectivity index (χ4v) is 4.52. The van der Waals surface area contributed by atoms with Gasteiger partial charge in [-0.25, -0.2) is 16.8 Å². The van der Waals surface area contributed by atoms with Gasteiger partial charge in [0.15, 0.2) is 19.7 Å².